The molecule has 6 heteroatoms. The zero-order valence-electron chi connectivity index (χ0n) is 43.5. The Hall–Kier alpha value is -3.22. The highest BCUT2D eigenvalue weighted by Gasteiger charge is 2.27. The van der Waals surface area contributed by atoms with E-state index in [9.17, 15) is 0 Å². The number of likely N-dealkylation sites (N-methyl/N-ethyl adjacent to an activating group) is 4. The van der Waals surface area contributed by atoms with Gasteiger partial charge in [-0.15, -0.1) is 6.58 Å². The van der Waals surface area contributed by atoms with Gasteiger partial charge < -0.3 is 30.7 Å². The van der Waals surface area contributed by atoms with E-state index in [1.54, 1.807) is 0 Å². The predicted octanol–water partition coefficient (Wildman–Crippen LogP) is 13.4. The summed E-state index contributed by atoms with van der Waals surface area (Å²) in [6.45, 7) is 54.2. The summed E-state index contributed by atoms with van der Waals surface area (Å²) in [6.07, 6.45) is 12.0. The molecule has 0 saturated heterocycles. The van der Waals surface area contributed by atoms with Crippen LogP contribution in [0.4, 0.5) is 0 Å². The second kappa shape index (κ2) is 33.4. The first-order chi connectivity index (χ1) is 28.5. The van der Waals surface area contributed by atoms with Crippen LogP contribution in [0, 0.1) is 23.7 Å². The lowest BCUT2D eigenvalue weighted by Crippen LogP contribution is -2.45. The largest absolute Gasteiger partial charge is 0.390 e. The van der Waals surface area contributed by atoms with Crippen LogP contribution in [0.5, 0.6) is 0 Å². The molecule has 1 aromatic rings. The summed E-state index contributed by atoms with van der Waals surface area (Å²) >= 11 is 0. The van der Waals surface area contributed by atoms with Crippen LogP contribution in [0.15, 0.2) is 97.8 Å². The summed E-state index contributed by atoms with van der Waals surface area (Å²) in [5, 5.41) is 10.4. The van der Waals surface area contributed by atoms with Gasteiger partial charge in [-0.1, -0.05) is 157 Å². The molecular weight excluding hydrogens is 745 g/mol. The van der Waals surface area contributed by atoms with Crippen molar-refractivity contribution < 1.29 is 0 Å². The van der Waals surface area contributed by atoms with Gasteiger partial charge in [-0.25, -0.2) is 0 Å². The molecule has 0 bridgehead atoms. The van der Waals surface area contributed by atoms with Crippen LogP contribution in [0.2, 0.25) is 0 Å². The van der Waals surface area contributed by atoms with Crippen molar-refractivity contribution in [3.8, 4) is 0 Å². The van der Waals surface area contributed by atoms with E-state index in [0.29, 0.717) is 5.92 Å². The molecule has 352 valence electrons. The molecule has 0 aromatic heterocycles. The van der Waals surface area contributed by atoms with Crippen LogP contribution in [0.1, 0.15) is 152 Å². The van der Waals surface area contributed by atoms with Gasteiger partial charge in [0.25, 0.3) is 0 Å². The van der Waals surface area contributed by atoms with Crippen molar-refractivity contribution in [2.45, 2.75) is 178 Å². The molecule has 0 amide bonds. The Morgan fingerprint density at radius 1 is 0.705 bits per heavy atom. The van der Waals surface area contributed by atoms with Gasteiger partial charge in [0.2, 0.25) is 0 Å². The molecule has 6 nitrogen and oxygen atoms in total. The topological polar surface area (TPSA) is 45.8 Å². The molecule has 1 aromatic carbocycles. The van der Waals surface area contributed by atoms with Crippen molar-refractivity contribution in [3.63, 3.8) is 0 Å². The molecule has 0 aliphatic rings. The molecule has 0 radical (unpaired) electrons. The molecule has 3 N–H and O–H groups in total. The highest BCUT2D eigenvalue weighted by atomic mass is 15.3. The fourth-order valence-electron chi connectivity index (χ4n) is 6.51. The first-order valence-corrected chi connectivity index (χ1v) is 24.0. The number of hydrogen-bond acceptors (Lipinski definition) is 6. The molecule has 61 heavy (non-hydrogen) atoms. The fourth-order valence-corrected chi connectivity index (χ4v) is 6.51. The van der Waals surface area contributed by atoms with Crippen molar-refractivity contribution in [2.75, 3.05) is 41.8 Å². The van der Waals surface area contributed by atoms with E-state index in [4.69, 9.17) is 6.58 Å². The summed E-state index contributed by atoms with van der Waals surface area (Å²) < 4.78 is 0. The average Bonchev–Trinajstić information content (AvgIpc) is 3.22. The Bertz CT molecular complexity index is 1380. The van der Waals surface area contributed by atoms with Crippen molar-refractivity contribution >= 4 is 0 Å². The first-order valence-electron chi connectivity index (χ1n) is 24.0. The van der Waals surface area contributed by atoms with Crippen LogP contribution >= 0.6 is 0 Å². The highest BCUT2D eigenvalue weighted by Crippen LogP contribution is 2.28. The van der Waals surface area contributed by atoms with Crippen LogP contribution in [-0.2, 0) is 12.8 Å². The highest BCUT2D eigenvalue weighted by molar-refractivity contribution is 5.27. The van der Waals surface area contributed by atoms with E-state index in [1.165, 1.54) is 48.0 Å². The lowest BCUT2D eigenvalue weighted by atomic mass is 9.92. The average molecular weight is 847 g/mol. The third-order valence-corrected chi connectivity index (χ3v) is 12.5. The Kier molecular flexibility index (Phi) is 32.7. The number of hydrogen-bond donors (Lipinski definition) is 3. The van der Waals surface area contributed by atoms with E-state index in [1.807, 2.05) is 14.1 Å². The van der Waals surface area contributed by atoms with Gasteiger partial charge in [0.1, 0.15) is 5.82 Å². The van der Waals surface area contributed by atoms with E-state index in [2.05, 4.69) is 192 Å². The molecule has 0 fully saturated rings. The maximum Gasteiger partial charge on any atom is 0.101 e. The summed E-state index contributed by atoms with van der Waals surface area (Å²) in [5.41, 5.74) is 8.16. The smallest absolute Gasteiger partial charge is 0.101 e. The summed E-state index contributed by atoms with van der Waals surface area (Å²) in [7, 11) is 10.3. The van der Waals surface area contributed by atoms with Crippen molar-refractivity contribution in [1.29, 1.82) is 0 Å². The molecule has 1 rings (SSSR count). The molecule has 5 atom stereocenters. The molecule has 4 unspecified atom stereocenters. The number of nitrogens with zero attached hydrogens (tertiary/aromatic N) is 3. The molecular formula is C55H102N6. The molecule has 0 saturated carbocycles. The van der Waals surface area contributed by atoms with Crippen LogP contribution in [0.3, 0.4) is 0 Å². The minimum absolute atomic E-state index is 0.0351. The second-order valence-electron chi connectivity index (χ2n) is 19.1. The van der Waals surface area contributed by atoms with Crippen molar-refractivity contribution in [2.24, 2.45) is 23.7 Å². The Morgan fingerprint density at radius 2 is 1.26 bits per heavy atom. The van der Waals surface area contributed by atoms with E-state index in [-0.39, 0.29) is 24.2 Å². The third-order valence-electron chi connectivity index (χ3n) is 12.5. The SMILES string of the molecule is C=C(C)CCCC(C)CC.C=C(N[C@@H](CCC(=C)C(Cc1ccc(CC)cc1)N(C)C(=C)N(CCCC)C(=C)C(CC(C)C)NC)C(=C)NC)C(C)N(C)C.CC(C)C(C)C. The minimum atomic E-state index is 0.0351. The Balaban J connectivity index is 0. The molecule has 0 aliphatic heterocycles. The van der Waals surface area contributed by atoms with E-state index in [0.717, 1.165) is 92.2 Å². The van der Waals surface area contributed by atoms with Gasteiger partial charge in [0.15, 0.2) is 0 Å². The Morgan fingerprint density at radius 3 is 1.69 bits per heavy atom. The molecule has 0 aliphatic carbocycles. The van der Waals surface area contributed by atoms with Gasteiger partial charge in [-0.3, -0.25) is 0 Å². The second-order valence-corrected chi connectivity index (χ2v) is 19.1. The zero-order valence-corrected chi connectivity index (χ0v) is 43.5. The number of allylic oxidation sites excluding steroid dienone is 1. The number of nitrogens with one attached hydrogen (secondary N) is 3. The number of aryl methyl sites for hydroxylation is 1. The summed E-state index contributed by atoms with van der Waals surface area (Å²) in [4.78, 5) is 6.83. The van der Waals surface area contributed by atoms with Gasteiger partial charge in [-0.05, 0) is 121 Å². The predicted molar refractivity (Wildman–Crippen MR) is 277 cm³/mol. The minimum Gasteiger partial charge on any atom is -0.390 e. The van der Waals surface area contributed by atoms with Crippen LogP contribution in [0.25, 0.3) is 0 Å². The van der Waals surface area contributed by atoms with E-state index >= 15 is 0 Å². The molecule has 0 heterocycles. The quantitative estimate of drug-likeness (QED) is 0.0671. The first kappa shape index (κ1) is 59.9. The maximum atomic E-state index is 4.70. The van der Waals surface area contributed by atoms with Gasteiger partial charge >= 0.3 is 0 Å². The van der Waals surface area contributed by atoms with Crippen LogP contribution < -0.4 is 16.0 Å². The maximum absolute atomic E-state index is 4.70. The van der Waals surface area contributed by atoms with Gasteiger partial charge in [0.05, 0.1) is 12.1 Å². The van der Waals surface area contributed by atoms with Crippen molar-refractivity contribution in [1.82, 2.24) is 30.7 Å². The summed E-state index contributed by atoms with van der Waals surface area (Å²) in [6, 6.07) is 9.51. The van der Waals surface area contributed by atoms with Crippen LogP contribution in [-0.4, -0.2) is 80.7 Å². The van der Waals surface area contributed by atoms with Gasteiger partial charge in [-0.2, -0.15) is 0 Å². The third kappa shape index (κ3) is 25.5. The monoisotopic (exact) mass is 847 g/mol. The zero-order chi connectivity index (χ0) is 47.4. The lowest BCUT2D eigenvalue weighted by Gasteiger charge is -2.41. The fraction of sp³-hybridized carbons (Fsp3) is 0.673. The summed E-state index contributed by atoms with van der Waals surface area (Å²) in [5.74, 6) is 4.13. The number of unbranched alkanes of at least 4 members (excludes halogenated alkanes) is 1. The van der Waals surface area contributed by atoms with Crippen molar-refractivity contribution in [3.05, 3.63) is 109 Å². The normalized spacial score (nSPS) is 13.5. The lowest BCUT2D eigenvalue weighted by molar-refractivity contribution is 0.220. The molecule has 0 spiro atoms. The van der Waals surface area contributed by atoms with E-state index < -0.39 is 0 Å². The number of benzene rings is 1. The van der Waals surface area contributed by atoms with Gasteiger partial charge in [0, 0.05) is 49.8 Å². The standard InChI is InChI=1S/C39H68N6.C10H20.C6H14/c1-16-18-25-45(33(9)38(41-12)26-28(3)4)34(10)44(15)39(27-36-22-20-35(17-2)21-23-36)29(5)19-24-37(31(7)40-11)42-30(6)32(8)43(13)14;1-5-10(4)8-6-7-9(2)3;1-5(2)6(3)4/h20-23,28,32,37-42H,5-7,9-10,16-19,24-27H2,1-4,8,11-15H3;10H,2,5-8H2,1,3-4H3;5-6H,1-4H3/t32?,37-,38?,39?;;/m0../s1. The number of rotatable bonds is 30. The Labute approximate surface area is 381 Å².